The molecule has 0 saturated carbocycles. The molecular formula is C23H30N2O4S. The summed E-state index contributed by atoms with van der Waals surface area (Å²) in [5.41, 5.74) is 3.09. The average molecular weight is 431 g/mol. The van der Waals surface area contributed by atoms with Crippen LogP contribution in [-0.4, -0.2) is 34.6 Å². The molecule has 0 spiro atoms. The first-order valence-corrected chi connectivity index (χ1v) is 11.2. The van der Waals surface area contributed by atoms with Gasteiger partial charge in [-0.1, -0.05) is 57.2 Å². The SMILES string of the molecule is COCCNS(=O)(=O)c1ccc(CNC(=O)/C=C/c2ccc(C(C)(C)C)cc2)cc1. The Bertz CT molecular complexity index is 958. The monoisotopic (exact) mass is 430 g/mol. The van der Waals surface area contributed by atoms with Crippen LogP contribution in [0.25, 0.3) is 6.08 Å². The van der Waals surface area contributed by atoms with Crippen LogP contribution in [0, 0.1) is 0 Å². The fraction of sp³-hybridized carbons (Fsp3) is 0.348. The maximum atomic E-state index is 12.1. The van der Waals surface area contributed by atoms with E-state index in [-0.39, 0.29) is 22.8 Å². The molecular weight excluding hydrogens is 400 g/mol. The molecule has 2 aromatic rings. The lowest BCUT2D eigenvalue weighted by molar-refractivity contribution is -0.116. The first-order chi connectivity index (χ1) is 14.1. The van der Waals surface area contributed by atoms with E-state index in [2.05, 4.69) is 42.9 Å². The topological polar surface area (TPSA) is 84.5 Å². The Kier molecular flexibility index (Phi) is 8.34. The van der Waals surface area contributed by atoms with Gasteiger partial charge in [-0.15, -0.1) is 0 Å². The molecule has 2 aromatic carbocycles. The summed E-state index contributed by atoms with van der Waals surface area (Å²) in [7, 11) is -2.05. The number of nitrogens with one attached hydrogen (secondary N) is 2. The van der Waals surface area contributed by atoms with Crippen LogP contribution in [0.15, 0.2) is 59.5 Å². The van der Waals surface area contributed by atoms with Crippen molar-refractivity contribution in [3.05, 3.63) is 71.3 Å². The number of hydrogen-bond acceptors (Lipinski definition) is 4. The zero-order valence-electron chi connectivity index (χ0n) is 17.9. The Morgan fingerprint density at radius 3 is 2.23 bits per heavy atom. The molecule has 0 atom stereocenters. The van der Waals surface area contributed by atoms with E-state index in [0.29, 0.717) is 13.2 Å². The van der Waals surface area contributed by atoms with Crippen LogP contribution in [-0.2, 0) is 31.5 Å². The van der Waals surface area contributed by atoms with Gasteiger partial charge in [0.05, 0.1) is 11.5 Å². The molecule has 2 N–H and O–H groups in total. The summed E-state index contributed by atoms with van der Waals surface area (Å²) < 4.78 is 31.6. The Labute approximate surface area is 179 Å². The summed E-state index contributed by atoms with van der Waals surface area (Å²) in [5, 5.41) is 2.80. The van der Waals surface area contributed by atoms with Gasteiger partial charge in [0.1, 0.15) is 0 Å². The van der Waals surface area contributed by atoms with Crippen LogP contribution < -0.4 is 10.0 Å². The van der Waals surface area contributed by atoms with Crippen molar-refractivity contribution in [2.75, 3.05) is 20.3 Å². The van der Waals surface area contributed by atoms with Crippen LogP contribution in [0.1, 0.15) is 37.5 Å². The maximum absolute atomic E-state index is 12.1. The smallest absolute Gasteiger partial charge is 0.244 e. The van der Waals surface area contributed by atoms with Gasteiger partial charge in [-0.05, 0) is 40.3 Å². The van der Waals surface area contributed by atoms with E-state index in [1.165, 1.54) is 30.9 Å². The number of ether oxygens (including phenoxy) is 1. The molecule has 0 radical (unpaired) electrons. The van der Waals surface area contributed by atoms with Crippen molar-refractivity contribution in [1.29, 1.82) is 0 Å². The highest BCUT2D eigenvalue weighted by Gasteiger charge is 2.13. The molecule has 0 unspecified atom stereocenters. The van der Waals surface area contributed by atoms with Crippen LogP contribution in [0.3, 0.4) is 0 Å². The molecule has 1 amide bonds. The minimum absolute atomic E-state index is 0.0918. The molecule has 0 bridgehead atoms. The van der Waals surface area contributed by atoms with E-state index in [9.17, 15) is 13.2 Å². The van der Waals surface area contributed by atoms with Gasteiger partial charge in [0, 0.05) is 26.3 Å². The highest BCUT2D eigenvalue weighted by molar-refractivity contribution is 7.89. The van der Waals surface area contributed by atoms with E-state index in [0.717, 1.165) is 11.1 Å². The number of hydrogen-bond donors (Lipinski definition) is 2. The van der Waals surface area contributed by atoms with E-state index in [4.69, 9.17) is 4.74 Å². The molecule has 2 rings (SSSR count). The lowest BCUT2D eigenvalue weighted by atomic mass is 9.87. The van der Waals surface area contributed by atoms with Crippen molar-refractivity contribution in [3.8, 4) is 0 Å². The summed E-state index contributed by atoms with van der Waals surface area (Å²) in [6.45, 7) is 7.30. The van der Waals surface area contributed by atoms with Gasteiger partial charge in [-0.25, -0.2) is 13.1 Å². The predicted octanol–water partition coefficient (Wildman–Crippen LogP) is 3.24. The number of carbonyl (C=O) groups excluding carboxylic acids is 1. The van der Waals surface area contributed by atoms with Crippen LogP contribution in [0.2, 0.25) is 0 Å². The number of amides is 1. The Morgan fingerprint density at radius 1 is 1.03 bits per heavy atom. The molecule has 0 aliphatic heterocycles. The first-order valence-electron chi connectivity index (χ1n) is 9.76. The number of rotatable bonds is 9. The molecule has 0 aliphatic rings. The van der Waals surface area contributed by atoms with Gasteiger partial charge in [0.2, 0.25) is 15.9 Å². The molecule has 7 heteroatoms. The second-order valence-corrected chi connectivity index (χ2v) is 9.72. The molecule has 162 valence electrons. The standard InChI is InChI=1S/C23H30N2O4S/c1-23(2,3)20-10-5-18(6-11-20)9-14-22(26)24-17-19-7-12-21(13-8-19)30(27,28)25-15-16-29-4/h5-14,25H,15-17H2,1-4H3,(H,24,26)/b14-9+. The Balaban J connectivity index is 1.88. The van der Waals surface area contributed by atoms with Crippen molar-refractivity contribution in [2.24, 2.45) is 0 Å². The molecule has 0 aromatic heterocycles. The van der Waals surface area contributed by atoms with Gasteiger partial charge in [0.25, 0.3) is 0 Å². The van der Waals surface area contributed by atoms with Crippen LogP contribution in [0.4, 0.5) is 0 Å². The van der Waals surface area contributed by atoms with E-state index < -0.39 is 10.0 Å². The average Bonchev–Trinajstić information content (AvgIpc) is 2.71. The number of carbonyl (C=O) groups is 1. The van der Waals surface area contributed by atoms with E-state index in [1.54, 1.807) is 18.2 Å². The summed E-state index contributed by atoms with van der Waals surface area (Å²) in [5.74, 6) is -0.215. The highest BCUT2D eigenvalue weighted by Crippen LogP contribution is 2.22. The zero-order chi connectivity index (χ0) is 22.2. The quantitative estimate of drug-likeness (QED) is 0.472. The van der Waals surface area contributed by atoms with Crippen LogP contribution in [0.5, 0.6) is 0 Å². The third-order valence-corrected chi connectivity index (χ3v) is 5.98. The molecule has 30 heavy (non-hydrogen) atoms. The Morgan fingerprint density at radius 2 is 1.67 bits per heavy atom. The predicted molar refractivity (Wildman–Crippen MR) is 120 cm³/mol. The highest BCUT2D eigenvalue weighted by atomic mass is 32.2. The minimum atomic E-state index is -3.56. The second-order valence-electron chi connectivity index (χ2n) is 7.96. The van der Waals surface area contributed by atoms with Gasteiger partial charge in [0.15, 0.2) is 0 Å². The fourth-order valence-corrected chi connectivity index (χ4v) is 3.68. The largest absolute Gasteiger partial charge is 0.383 e. The minimum Gasteiger partial charge on any atom is -0.383 e. The Hall–Kier alpha value is -2.48. The van der Waals surface area contributed by atoms with Gasteiger partial charge < -0.3 is 10.1 Å². The summed E-state index contributed by atoms with van der Waals surface area (Å²) >= 11 is 0. The summed E-state index contributed by atoms with van der Waals surface area (Å²) in [6, 6.07) is 14.5. The van der Waals surface area contributed by atoms with Crippen LogP contribution >= 0.6 is 0 Å². The van der Waals surface area contributed by atoms with Gasteiger partial charge in [-0.2, -0.15) is 0 Å². The number of sulfonamides is 1. The van der Waals surface area contributed by atoms with Crippen molar-refractivity contribution in [3.63, 3.8) is 0 Å². The lowest BCUT2D eigenvalue weighted by Gasteiger charge is -2.18. The second kappa shape index (κ2) is 10.5. The lowest BCUT2D eigenvalue weighted by Crippen LogP contribution is -2.27. The first kappa shape index (κ1) is 23.8. The third-order valence-electron chi connectivity index (χ3n) is 4.50. The van der Waals surface area contributed by atoms with Gasteiger partial charge in [-0.3, -0.25) is 4.79 Å². The number of benzene rings is 2. The normalized spacial score (nSPS) is 12.3. The number of methoxy groups -OCH3 is 1. The molecule has 0 heterocycles. The zero-order valence-corrected chi connectivity index (χ0v) is 18.8. The summed E-state index contributed by atoms with van der Waals surface area (Å²) in [6.07, 6.45) is 3.26. The maximum Gasteiger partial charge on any atom is 0.244 e. The van der Waals surface area contributed by atoms with E-state index >= 15 is 0 Å². The third kappa shape index (κ3) is 7.40. The van der Waals surface area contributed by atoms with Crippen molar-refractivity contribution in [2.45, 2.75) is 37.6 Å². The van der Waals surface area contributed by atoms with Crippen molar-refractivity contribution < 1.29 is 17.9 Å². The molecule has 0 aliphatic carbocycles. The molecule has 6 nitrogen and oxygen atoms in total. The fourth-order valence-electron chi connectivity index (χ4n) is 2.66. The van der Waals surface area contributed by atoms with Gasteiger partial charge >= 0.3 is 0 Å². The molecule has 0 fully saturated rings. The van der Waals surface area contributed by atoms with Crippen molar-refractivity contribution in [1.82, 2.24) is 10.0 Å². The molecule has 0 saturated heterocycles. The van der Waals surface area contributed by atoms with E-state index in [1.807, 2.05) is 12.1 Å². The summed E-state index contributed by atoms with van der Waals surface area (Å²) in [4.78, 5) is 12.2. The van der Waals surface area contributed by atoms with Crippen molar-refractivity contribution >= 4 is 22.0 Å².